The lowest BCUT2D eigenvalue weighted by Gasteiger charge is -2.22. The molecule has 1 aromatic rings. The van der Waals surface area contributed by atoms with Crippen LogP contribution in [0.5, 0.6) is 0 Å². The number of nitrogens with one attached hydrogen (secondary N) is 1. The smallest absolute Gasteiger partial charge is 0.148 e. The van der Waals surface area contributed by atoms with Gasteiger partial charge in [-0.1, -0.05) is 13.8 Å². The van der Waals surface area contributed by atoms with Crippen LogP contribution in [-0.4, -0.2) is 29.7 Å². The van der Waals surface area contributed by atoms with Gasteiger partial charge in [-0.2, -0.15) is 0 Å². The zero-order valence-electron chi connectivity index (χ0n) is 10.7. The summed E-state index contributed by atoms with van der Waals surface area (Å²) < 4.78 is 5.20. The van der Waals surface area contributed by atoms with Crippen LogP contribution in [0.1, 0.15) is 25.2 Å². The number of methoxy groups -OCH3 is 1. The summed E-state index contributed by atoms with van der Waals surface area (Å²) in [4.78, 5) is 8.73. The van der Waals surface area contributed by atoms with Gasteiger partial charge < -0.3 is 10.1 Å². The summed E-state index contributed by atoms with van der Waals surface area (Å²) in [6.45, 7) is 8.90. The van der Waals surface area contributed by atoms with Crippen LogP contribution in [-0.2, 0) is 4.74 Å². The van der Waals surface area contributed by atoms with E-state index < -0.39 is 0 Å². The van der Waals surface area contributed by atoms with Gasteiger partial charge in [0, 0.05) is 13.3 Å². The highest BCUT2D eigenvalue weighted by molar-refractivity contribution is 5.40. The minimum Gasteiger partial charge on any atom is -0.383 e. The van der Waals surface area contributed by atoms with Crippen molar-refractivity contribution in [1.29, 1.82) is 0 Å². The summed E-state index contributed by atoms with van der Waals surface area (Å²) in [5, 5.41) is 3.39. The molecule has 0 bridgehead atoms. The predicted molar refractivity (Wildman–Crippen MR) is 65.6 cm³/mol. The largest absolute Gasteiger partial charge is 0.383 e. The molecule has 1 N–H and O–H groups in total. The molecule has 0 saturated heterocycles. The molecule has 0 aromatic carbocycles. The van der Waals surface area contributed by atoms with Crippen molar-refractivity contribution in [2.75, 3.05) is 19.0 Å². The van der Waals surface area contributed by atoms with Crippen LogP contribution in [0.15, 0.2) is 6.20 Å². The zero-order chi connectivity index (χ0) is 12.1. The lowest BCUT2D eigenvalue weighted by atomic mass is 10.1. The maximum absolute atomic E-state index is 5.20. The van der Waals surface area contributed by atoms with E-state index >= 15 is 0 Å². The van der Waals surface area contributed by atoms with Gasteiger partial charge in [-0.25, -0.2) is 4.98 Å². The molecule has 4 nitrogen and oxygen atoms in total. The average Bonchev–Trinajstić information content (AvgIpc) is 2.22. The molecule has 0 amide bonds. The van der Waals surface area contributed by atoms with Crippen molar-refractivity contribution in [2.45, 2.75) is 33.7 Å². The minimum atomic E-state index is 0.264. The molecule has 4 heteroatoms. The molecular weight excluding hydrogens is 202 g/mol. The van der Waals surface area contributed by atoms with Gasteiger partial charge in [0.25, 0.3) is 0 Å². The number of aromatic nitrogens is 2. The Balaban J connectivity index is 2.80. The Bertz CT molecular complexity index is 339. The highest BCUT2D eigenvalue weighted by atomic mass is 16.5. The molecular formula is C12H21N3O. The zero-order valence-corrected chi connectivity index (χ0v) is 10.7. The highest BCUT2D eigenvalue weighted by Crippen LogP contribution is 2.14. The van der Waals surface area contributed by atoms with E-state index in [1.54, 1.807) is 13.3 Å². The van der Waals surface area contributed by atoms with Gasteiger partial charge in [-0.15, -0.1) is 0 Å². The summed E-state index contributed by atoms with van der Waals surface area (Å²) in [5.41, 5.74) is 1.85. The first-order chi connectivity index (χ1) is 7.54. The molecule has 0 aliphatic carbocycles. The Morgan fingerprint density at radius 3 is 2.62 bits per heavy atom. The number of ether oxygens (including phenoxy) is 1. The first-order valence-corrected chi connectivity index (χ1v) is 5.60. The monoisotopic (exact) mass is 223 g/mol. The number of hydrogen-bond donors (Lipinski definition) is 1. The van der Waals surface area contributed by atoms with Crippen molar-refractivity contribution in [3.63, 3.8) is 0 Å². The van der Waals surface area contributed by atoms with Crippen molar-refractivity contribution in [3.05, 3.63) is 17.6 Å². The SMILES string of the molecule is COCC(Nc1nc(C)cnc1C)C(C)C. The van der Waals surface area contributed by atoms with Crippen LogP contribution >= 0.6 is 0 Å². The van der Waals surface area contributed by atoms with Gasteiger partial charge in [0.05, 0.1) is 24.0 Å². The summed E-state index contributed by atoms with van der Waals surface area (Å²) >= 11 is 0. The summed E-state index contributed by atoms with van der Waals surface area (Å²) in [6, 6.07) is 0.264. The Morgan fingerprint density at radius 1 is 1.38 bits per heavy atom. The molecule has 1 heterocycles. The number of anilines is 1. The average molecular weight is 223 g/mol. The molecule has 0 fully saturated rings. The predicted octanol–water partition coefficient (Wildman–Crippen LogP) is 2.18. The van der Waals surface area contributed by atoms with Crippen LogP contribution in [0.2, 0.25) is 0 Å². The fourth-order valence-electron chi connectivity index (χ4n) is 1.43. The first-order valence-electron chi connectivity index (χ1n) is 5.60. The van der Waals surface area contributed by atoms with Crippen molar-refractivity contribution < 1.29 is 4.74 Å². The van der Waals surface area contributed by atoms with Crippen molar-refractivity contribution >= 4 is 5.82 Å². The maximum atomic E-state index is 5.20. The van der Waals surface area contributed by atoms with E-state index in [1.165, 1.54) is 0 Å². The summed E-state index contributed by atoms with van der Waals surface area (Å²) in [7, 11) is 1.71. The number of rotatable bonds is 5. The number of hydrogen-bond acceptors (Lipinski definition) is 4. The van der Waals surface area contributed by atoms with Crippen LogP contribution in [0.3, 0.4) is 0 Å². The van der Waals surface area contributed by atoms with Gasteiger partial charge in [0.15, 0.2) is 0 Å². The second-order valence-electron chi connectivity index (χ2n) is 4.40. The fourth-order valence-corrected chi connectivity index (χ4v) is 1.43. The second kappa shape index (κ2) is 5.80. The normalized spacial score (nSPS) is 12.9. The third-order valence-corrected chi connectivity index (χ3v) is 2.55. The first kappa shape index (κ1) is 12.9. The van der Waals surface area contributed by atoms with E-state index in [-0.39, 0.29) is 6.04 Å². The van der Waals surface area contributed by atoms with E-state index in [0.29, 0.717) is 12.5 Å². The molecule has 0 aliphatic heterocycles. The van der Waals surface area contributed by atoms with Crippen LogP contribution in [0.4, 0.5) is 5.82 Å². The molecule has 0 aliphatic rings. The Labute approximate surface area is 97.5 Å². The van der Waals surface area contributed by atoms with Crippen molar-refractivity contribution in [2.24, 2.45) is 5.92 Å². The molecule has 0 radical (unpaired) electrons. The van der Waals surface area contributed by atoms with Crippen LogP contribution in [0, 0.1) is 19.8 Å². The van der Waals surface area contributed by atoms with Crippen LogP contribution in [0.25, 0.3) is 0 Å². The molecule has 90 valence electrons. The lowest BCUT2D eigenvalue weighted by molar-refractivity contribution is 0.171. The Hall–Kier alpha value is -1.16. The van der Waals surface area contributed by atoms with Crippen molar-refractivity contribution in [3.8, 4) is 0 Å². The van der Waals surface area contributed by atoms with Gasteiger partial charge in [-0.05, 0) is 19.8 Å². The lowest BCUT2D eigenvalue weighted by Crippen LogP contribution is -2.31. The van der Waals surface area contributed by atoms with E-state index in [0.717, 1.165) is 17.2 Å². The van der Waals surface area contributed by atoms with E-state index in [4.69, 9.17) is 4.74 Å². The fraction of sp³-hybridized carbons (Fsp3) is 0.667. The highest BCUT2D eigenvalue weighted by Gasteiger charge is 2.14. The summed E-state index contributed by atoms with van der Waals surface area (Å²) in [5.74, 6) is 1.34. The standard InChI is InChI=1S/C12H21N3O/c1-8(2)11(7-16-5)15-12-10(4)13-6-9(3)14-12/h6,8,11H,7H2,1-5H3,(H,14,15). The molecule has 0 spiro atoms. The van der Waals surface area contributed by atoms with E-state index in [2.05, 4.69) is 29.1 Å². The van der Waals surface area contributed by atoms with Gasteiger partial charge in [0.2, 0.25) is 0 Å². The molecule has 0 saturated carbocycles. The Morgan fingerprint density at radius 2 is 2.06 bits per heavy atom. The number of aryl methyl sites for hydroxylation is 2. The van der Waals surface area contributed by atoms with Crippen LogP contribution < -0.4 is 5.32 Å². The third kappa shape index (κ3) is 3.45. The molecule has 1 rings (SSSR count). The van der Waals surface area contributed by atoms with Gasteiger partial charge in [0.1, 0.15) is 5.82 Å². The minimum absolute atomic E-state index is 0.264. The summed E-state index contributed by atoms with van der Waals surface area (Å²) in [6.07, 6.45) is 1.78. The topological polar surface area (TPSA) is 47.0 Å². The molecule has 1 unspecified atom stereocenters. The van der Waals surface area contributed by atoms with E-state index in [9.17, 15) is 0 Å². The molecule has 1 atom stereocenters. The Kier molecular flexibility index (Phi) is 4.68. The number of nitrogens with zero attached hydrogens (tertiary/aromatic N) is 2. The molecule has 1 aromatic heterocycles. The maximum Gasteiger partial charge on any atom is 0.148 e. The van der Waals surface area contributed by atoms with Gasteiger partial charge in [-0.3, -0.25) is 4.98 Å². The van der Waals surface area contributed by atoms with Crippen molar-refractivity contribution in [1.82, 2.24) is 9.97 Å². The molecule has 16 heavy (non-hydrogen) atoms. The third-order valence-electron chi connectivity index (χ3n) is 2.55. The second-order valence-corrected chi connectivity index (χ2v) is 4.40. The van der Waals surface area contributed by atoms with Gasteiger partial charge >= 0.3 is 0 Å². The quantitative estimate of drug-likeness (QED) is 0.831. The van der Waals surface area contributed by atoms with E-state index in [1.807, 2.05) is 13.8 Å².